The number of nitrogens with zero attached hydrogens (tertiary/aromatic N) is 2. The van der Waals surface area contributed by atoms with Gasteiger partial charge in [-0.15, -0.1) is 0 Å². The Labute approximate surface area is 145 Å². The number of carbonyl (C=O) groups is 1. The molecule has 0 bridgehead atoms. The summed E-state index contributed by atoms with van der Waals surface area (Å²) in [6, 6.07) is 7.50. The Morgan fingerprint density at radius 1 is 1.29 bits per heavy atom. The maximum Gasteiger partial charge on any atom is 0.306 e. The average Bonchev–Trinajstić information content (AvgIpc) is 2.51. The van der Waals surface area contributed by atoms with Gasteiger partial charge in [0.25, 0.3) is 5.69 Å². The molecule has 1 aromatic carbocycles. The highest BCUT2D eigenvalue weighted by Crippen LogP contribution is 2.27. The summed E-state index contributed by atoms with van der Waals surface area (Å²) in [7, 11) is 2.86. The van der Waals surface area contributed by atoms with Gasteiger partial charge in [0.1, 0.15) is 14.3 Å². The molecule has 6 nitrogen and oxygen atoms in total. The maximum absolute atomic E-state index is 12.0. The Balaban J connectivity index is 2.47. The van der Waals surface area contributed by atoms with Crippen molar-refractivity contribution in [3.05, 3.63) is 39.9 Å². The predicted molar refractivity (Wildman–Crippen MR) is 97.4 cm³/mol. The third-order valence-electron chi connectivity index (χ3n) is 4.51. The number of esters is 1. The van der Waals surface area contributed by atoms with Crippen molar-refractivity contribution in [3.63, 3.8) is 0 Å². The van der Waals surface area contributed by atoms with E-state index in [1.54, 1.807) is 25.1 Å². The summed E-state index contributed by atoms with van der Waals surface area (Å²) in [5, 5.41) is 11.0. The van der Waals surface area contributed by atoms with Crippen LogP contribution in [-0.2, 0) is 9.53 Å². The van der Waals surface area contributed by atoms with Crippen molar-refractivity contribution in [1.29, 1.82) is 0 Å². The SMILES string of the molecule is CC(OC(=O)CCCC[Si](C)(C)N(C)C)c1ccccc1[N+](=O)[O-]. The molecule has 0 spiro atoms. The third-order valence-corrected chi connectivity index (χ3v) is 8.51. The normalized spacial score (nSPS) is 12.9. The van der Waals surface area contributed by atoms with Crippen LogP contribution in [0, 0.1) is 10.1 Å². The Morgan fingerprint density at radius 2 is 1.92 bits per heavy atom. The minimum atomic E-state index is -1.35. The van der Waals surface area contributed by atoms with Gasteiger partial charge in [0.05, 0.1) is 10.5 Å². The van der Waals surface area contributed by atoms with Crippen LogP contribution in [0.15, 0.2) is 24.3 Å². The number of rotatable bonds is 9. The van der Waals surface area contributed by atoms with E-state index in [1.807, 2.05) is 0 Å². The summed E-state index contributed by atoms with van der Waals surface area (Å²) in [6.07, 6.45) is 1.51. The Bertz CT molecular complexity index is 575. The maximum atomic E-state index is 12.0. The molecule has 1 rings (SSSR count). The van der Waals surface area contributed by atoms with Gasteiger partial charge < -0.3 is 9.30 Å². The minimum Gasteiger partial charge on any atom is -0.458 e. The fourth-order valence-electron chi connectivity index (χ4n) is 2.37. The highest BCUT2D eigenvalue weighted by molar-refractivity contribution is 6.74. The number of carbonyl (C=O) groups excluding carboxylic acids is 1. The highest BCUT2D eigenvalue weighted by atomic mass is 28.3. The number of benzene rings is 1. The first-order chi connectivity index (χ1) is 11.1. The number of para-hydroxylation sites is 1. The van der Waals surface area contributed by atoms with E-state index in [4.69, 9.17) is 4.74 Å². The molecule has 0 aromatic heterocycles. The van der Waals surface area contributed by atoms with Crippen LogP contribution in [0.4, 0.5) is 5.69 Å². The quantitative estimate of drug-likeness (QED) is 0.220. The van der Waals surface area contributed by atoms with E-state index in [0.717, 1.165) is 18.9 Å². The lowest BCUT2D eigenvalue weighted by Gasteiger charge is -2.30. The molecule has 24 heavy (non-hydrogen) atoms. The number of unbranched alkanes of at least 4 members (excludes halogenated alkanes) is 1. The number of ether oxygens (including phenoxy) is 1. The lowest BCUT2D eigenvalue weighted by atomic mass is 10.1. The fourth-order valence-corrected chi connectivity index (χ4v) is 3.93. The van der Waals surface area contributed by atoms with Crippen molar-refractivity contribution >= 4 is 19.9 Å². The van der Waals surface area contributed by atoms with Crippen molar-refractivity contribution in [2.45, 2.75) is 51.4 Å². The second-order valence-corrected chi connectivity index (χ2v) is 11.9. The summed E-state index contributed by atoms with van der Waals surface area (Å²) in [5.74, 6) is -0.301. The summed E-state index contributed by atoms with van der Waals surface area (Å²) < 4.78 is 7.67. The van der Waals surface area contributed by atoms with Crippen molar-refractivity contribution in [1.82, 2.24) is 4.57 Å². The van der Waals surface area contributed by atoms with Gasteiger partial charge in [-0.05, 0) is 39.6 Å². The van der Waals surface area contributed by atoms with E-state index in [9.17, 15) is 14.9 Å². The molecular formula is C17H28N2O4Si. The second-order valence-electron chi connectivity index (χ2n) is 6.86. The molecule has 0 N–H and O–H groups in total. The van der Waals surface area contributed by atoms with E-state index in [0.29, 0.717) is 12.0 Å². The van der Waals surface area contributed by atoms with Crippen LogP contribution in [0.3, 0.4) is 0 Å². The Kier molecular flexibility index (Phi) is 7.56. The molecule has 0 aliphatic heterocycles. The van der Waals surface area contributed by atoms with E-state index in [2.05, 4.69) is 31.8 Å². The molecule has 0 aliphatic rings. The van der Waals surface area contributed by atoms with E-state index in [1.165, 1.54) is 6.07 Å². The molecule has 0 fully saturated rings. The van der Waals surface area contributed by atoms with Crippen LogP contribution < -0.4 is 0 Å². The second kappa shape index (κ2) is 8.94. The number of nitro groups is 1. The molecule has 0 amide bonds. The molecule has 7 heteroatoms. The number of hydrogen-bond acceptors (Lipinski definition) is 5. The monoisotopic (exact) mass is 352 g/mol. The highest BCUT2D eigenvalue weighted by Gasteiger charge is 2.24. The van der Waals surface area contributed by atoms with Crippen molar-refractivity contribution in [2.24, 2.45) is 0 Å². The van der Waals surface area contributed by atoms with Crippen molar-refractivity contribution in [2.75, 3.05) is 14.1 Å². The molecule has 1 unspecified atom stereocenters. The van der Waals surface area contributed by atoms with Crippen LogP contribution in [0.25, 0.3) is 0 Å². The van der Waals surface area contributed by atoms with Gasteiger partial charge in [0.2, 0.25) is 0 Å². The smallest absolute Gasteiger partial charge is 0.306 e. The van der Waals surface area contributed by atoms with Crippen LogP contribution in [0.2, 0.25) is 19.1 Å². The molecule has 1 atom stereocenters. The van der Waals surface area contributed by atoms with Crippen molar-refractivity contribution < 1.29 is 14.5 Å². The Morgan fingerprint density at radius 3 is 2.50 bits per heavy atom. The van der Waals surface area contributed by atoms with Crippen LogP contribution in [0.5, 0.6) is 0 Å². The van der Waals surface area contributed by atoms with Crippen LogP contribution >= 0.6 is 0 Å². The van der Waals surface area contributed by atoms with Crippen molar-refractivity contribution in [3.8, 4) is 0 Å². The fraction of sp³-hybridized carbons (Fsp3) is 0.588. The predicted octanol–water partition coefficient (Wildman–Crippen LogP) is 4.14. The van der Waals surface area contributed by atoms with Gasteiger partial charge in [0, 0.05) is 12.5 Å². The molecule has 0 heterocycles. The van der Waals surface area contributed by atoms with Gasteiger partial charge in [-0.3, -0.25) is 14.9 Å². The number of hydrogen-bond donors (Lipinski definition) is 0. The summed E-state index contributed by atoms with van der Waals surface area (Å²) in [6.45, 7) is 6.28. The molecule has 0 saturated carbocycles. The third kappa shape index (κ3) is 6.05. The molecule has 134 valence electrons. The molecular weight excluding hydrogens is 324 g/mol. The summed E-state index contributed by atoms with van der Waals surface area (Å²) >= 11 is 0. The van der Waals surface area contributed by atoms with E-state index in [-0.39, 0.29) is 11.7 Å². The zero-order chi connectivity index (χ0) is 18.3. The van der Waals surface area contributed by atoms with E-state index < -0.39 is 19.3 Å². The van der Waals surface area contributed by atoms with Gasteiger partial charge in [-0.1, -0.05) is 31.6 Å². The molecule has 0 radical (unpaired) electrons. The average molecular weight is 353 g/mol. The zero-order valence-corrected chi connectivity index (χ0v) is 16.2. The molecule has 0 aliphatic carbocycles. The van der Waals surface area contributed by atoms with Gasteiger partial charge in [0.15, 0.2) is 0 Å². The topological polar surface area (TPSA) is 72.7 Å². The lowest BCUT2D eigenvalue weighted by Crippen LogP contribution is -2.43. The van der Waals surface area contributed by atoms with Gasteiger partial charge >= 0.3 is 5.97 Å². The van der Waals surface area contributed by atoms with Crippen LogP contribution in [-0.4, -0.2) is 37.8 Å². The number of nitro benzene ring substituents is 1. The minimum absolute atomic E-state index is 0.0171. The van der Waals surface area contributed by atoms with E-state index >= 15 is 0 Å². The largest absolute Gasteiger partial charge is 0.458 e. The first-order valence-electron chi connectivity index (χ1n) is 8.25. The summed E-state index contributed by atoms with van der Waals surface area (Å²) in [4.78, 5) is 22.6. The van der Waals surface area contributed by atoms with Crippen LogP contribution in [0.1, 0.15) is 37.9 Å². The molecule has 1 aromatic rings. The standard InChI is InChI=1S/C17H28N2O4Si/c1-14(15-10-6-7-11-16(15)19(21)22)23-17(20)12-8-9-13-24(4,5)18(2)3/h6-7,10-11,14H,8-9,12-13H2,1-5H3. The first kappa shape index (κ1) is 20.3. The Hall–Kier alpha value is -1.73. The first-order valence-corrected chi connectivity index (χ1v) is 11.4. The molecule has 0 saturated heterocycles. The van der Waals surface area contributed by atoms with Gasteiger partial charge in [-0.2, -0.15) is 0 Å². The zero-order valence-electron chi connectivity index (χ0n) is 15.2. The summed E-state index contributed by atoms with van der Waals surface area (Å²) in [5.41, 5.74) is 0.411. The van der Waals surface area contributed by atoms with Gasteiger partial charge in [-0.25, -0.2) is 0 Å². The lowest BCUT2D eigenvalue weighted by molar-refractivity contribution is -0.386.